The van der Waals surface area contributed by atoms with Gasteiger partial charge in [0.05, 0.1) is 7.11 Å². The van der Waals surface area contributed by atoms with Crippen molar-refractivity contribution in [1.82, 2.24) is 10.3 Å². The van der Waals surface area contributed by atoms with E-state index in [1.165, 1.54) is 0 Å². The van der Waals surface area contributed by atoms with Crippen LogP contribution in [0.15, 0.2) is 42.6 Å². The van der Waals surface area contributed by atoms with E-state index in [1.54, 1.807) is 25.4 Å². The van der Waals surface area contributed by atoms with Crippen molar-refractivity contribution in [2.45, 2.75) is 13.0 Å². The van der Waals surface area contributed by atoms with Crippen LogP contribution in [-0.4, -0.2) is 24.5 Å². The second-order valence-electron chi connectivity index (χ2n) is 4.63. The molecule has 5 heteroatoms. The summed E-state index contributed by atoms with van der Waals surface area (Å²) >= 11 is 0. The highest BCUT2D eigenvalue weighted by atomic mass is 16.5. The third kappa shape index (κ3) is 4.29. The topological polar surface area (TPSA) is 77.2 Å². The van der Waals surface area contributed by atoms with Crippen LogP contribution in [0, 0.1) is 0 Å². The fourth-order valence-corrected chi connectivity index (χ4v) is 1.96. The number of hydrogen-bond acceptors (Lipinski definition) is 4. The summed E-state index contributed by atoms with van der Waals surface area (Å²) in [7, 11) is 1.57. The summed E-state index contributed by atoms with van der Waals surface area (Å²) in [6.07, 6.45) is 2.45. The Bertz CT molecular complexity index is 597. The van der Waals surface area contributed by atoms with Crippen molar-refractivity contribution in [2.24, 2.45) is 5.73 Å². The Morgan fingerprint density at radius 1 is 1.29 bits per heavy atom. The van der Waals surface area contributed by atoms with Crippen molar-refractivity contribution in [3.05, 3.63) is 59.3 Å². The van der Waals surface area contributed by atoms with Gasteiger partial charge in [-0.2, -0.15) is 0 Å². The highest BCUT2D eigenvalue weighted by Gasteiger charge is 2.06. The van der Waals surface area contributed by atoms with Gasteiger partial charge in [0.2, 0.25) is 5.88 Å². The van der Waals surface area contributed by atoms with Gasteiger partial charge in [0.25, 0.3) is 5.91 Å². The summed E-state index contributed by atoms with van der Waals surface area (Å²) < 4.78 is 4.99. The fourth-order valence-electron chi connectivity index (χ4n) is 1.96. The molecule has 0 aliphatic heterocycles. The summed E-state index contributed by atoms with van der Waals surface area (Å²) in [5.74, 6) is 0.448. The molecule has 1 aromatic carbocycles. The average molecular weight is 285 g/mol. The average Bonchev–Trinajstić information content (AvgIpc) is 2.53. The molecule has 0 aliphatic carbocycles. The van der Waals surface area contributed by atoms with Crippen LogP contribution < -0.4 is 15.8 Å². The molecule has 5 nitrogen and oxygen atoms in total. The van der Waals surface area contributed by atoms with Crippen LogP contribution in [0.4, 0.5) is 0 Å². The number of hydrogen-bond donors (Lipinski definition) is 2. The highest BCUT2D eigenvalue weighted by Crippen LogP contribution is 2.08. The summed E-state index contributed by atoms with van der Waals surface area (Å²) in [6, 6.07) is 11.1. The van der Waals surface area contributed by atoms with Crippen LogP contribution >= 0.6 is 0 Å². The van der Waals surface area contributed by atoms with Crippen molar-refractivity contribution in [2.75, 3.05) is 13.7 Å². The van der Waals surface area contributed by atoms with Gasteiger partial charge in [0.1, 0.15) is 0 Å². The zero-order valence-corrected chi connectivity index (χ0v) is 12.0. The lowest BCUT2D eigenvalue weighted by Crippen LogP contribution is -2.23. The molecular formula is C16H19N3O2. The molecule has 1 amide bonds. The molecule has 0 radical (unpaired) electrons. The van der Waals surface area contributed by atoms with E-state index in [9.17, 15) is 4.79 Å². The van der Waals surface area contributed by atoms with Gasteiger partial charge in [-0.3, -0.25) is 4.79 Å². The molecule has 0 bridgehead atoms. The fraction of sp³-hybridized carbons (Fsp3) is 0.250. The maximum atomic E-state index is 12.1. The molecular weight excluding hydrogens is 266 g/mol. The number of methoxy groups -OCH3 is 1. The maximum Gasteiger partial charge on any atom is 0.251 e. The molecule has 2 rings (SSSR count). The van der Waals surface area contributed by atoms with Crippen molar-refractivity contribution in [3.8, 4) is 5.88 Å². The van der Waals surface area contributed by atoms with E-state index in [0.717, 1.165) is 17.5 Å². The molecule has 3 N–H and O–H groups in total. The number of rotatable bonds is 6. The summed E-state index contributed by atoms with van der Waals surface area (Å²) in [6.45, 7) is 1.000. The number of nitrogens with zero attached hydrogens (tertiary/aromatic N) is 1. The number of ether oxygens (including phenoxy) is 1. The predicted molar refractivity (Wildman–Crippen MR) is 81.2 cm³/mol. The zero-order valence-electron chi connectivity index (χ0n) is 12.0. The van der Waals surface area contributed by atoms with E-state index >= 15 is 0 Å². The lowest BCUT2D eigenvalue weighted by molar-refractivity contribution is 0.0951. The zero-order chi connectivity index (χ0) is 15.1. The van der Waals surface area contributed by atoms with Gasteiger partial charge in [0.15, 0.2) is 0 Å². The first kappa shape index (κ1) is 15.0. The van der Waals surface area contributed by atoms with E-state index < -0.39 is 0 Å². The van der Waals surface area contributed by atoms with Crippen molar-refractivity contribution in [3.63, 3.8) is 0 Å². The quantitative estimate of drug-likeness (QED) is 0.843. The molecule has 1 heterocycles. The second kappa shape index (κ2) is 7.40. The number of carbonyl (C=O) groups is 1. The minimum atomic E-state index is -0.107. The maximum absolute atomic E-state index is 12.1. The minimum Gasteiger partial charge on any atom is -0.481 e. The number of nitrogens with two attached hydrogens (primary N) is 1. The summed E-state index contributed by atoms with van der Waals surface area (Å²) in [5, 5.41) is 2.87. The molecule has 0 saturated carbocycles. The lowest BCUT2D eigenvalue weighted by Gasteiger charge is -2.07. The Kier molecular flexibility index (Phi) is 5.29. The smallest absolute Gasteiger partial charge is 0.251 e. The van der Waals surface area contributed by atoms with Gasteiger partial charge in [0, 0.05) is 24.4 Å². The standard InChI is InChI=1S/C16H19N3O2/c1-21-15-6-5-13(10-18-15)11-19-16(20)14-4-2-3-12(9-14)7-8-17/h2-6,9-10H,7-8,11,17H2,1H3,(H,19,20). The Labute approximate surface area is 124 Å². The number of aromatic nitrogens is 1. The first-order valence-corrected chi connectivity index (χ1v) is 6.79. The van der Waals surface area contributed by atoms with E-state index in [4.69, 9.17) is 10.5 Å². The number of carbonyl (C=O) groups excluding carboxylic acids is 1. The van der Waals surface area contributed by atoms with Gasteiger partial charge in [-0.25, -0.2) is 4.98 Å². The van der Waals surface area contributed by atoms with Crippen LogP contribution in [0.1, 0.15) is 21.5 Å². The van der Waals surface area contributed by atoms with Crippen LogP contribution in [-0.2, 0) is 13.0 Å². The number of pyridine rings is 1. The molecule has 2 aromatic rings. The number of amides is 1. The molecule has 0 aliphatic rings. The first-order chi connectivity index (χ1) is 10.2. The van der Waals surface area contributed by atoms with Crippen LogP contribution in [0.3, 0.4) is 0 Å². The Balaban J connectivity index is 1.95. The normalized spacial score (nSPS) is 10.2. The SMILES string of the molecule is COc1ccc(CNC(=O)c2cccc(CCN)c2)cn1. The second-order valence-corrected chi connectivity index (χ2v) is 4.63. The lowest BCUT2D eigenvalue weighted by atomic mass is 10.1. The monoisotopic (exact) mass is 285 g/mol. The molecule has 0 atom stereocenters. The Morgan fingerprint density at radius 3 is 2.81 bits per heavy atom. The van der Waals surface area contributed by atoms with Crippen molar-refractivity contribution in [1.29, 1.82) is 0 Å². The molecule has 110 valence electrons. The first-order valence-electron chi connectivity index (χ1n) is 6.79. The largest absolute Gasteiger partial charge is 0.481 e. The van der Waals surface area contributed by atoms with E-state index in [-0.39, 0.29) is 5.91 Å². The van der Waals surface area contributed by atoms with E-state index in [0.29, 0.717) is 24.5 Å². The third-order valence-corrected chi connectivity index (χ3v) is 3.08. The van der Waals surface area contributed by atoms with Crippen molar-refractivity contribution >= 4 is 5.91 Å². The van der Waals surface area contributed by atoms with Gasteiger partial charge in [-0.15, -0.1) is 0 Å². The molecule has 1 aromatic heterocycles. The number of benzene rings is 1. The summed E-state index contributed by atoms with van der Waals surface area (Å²) in [4.78, 5) is 16.2. The minimum absolute atomic E-state index is 0.107. The van der Waals surface area contributed by atoms with Crippen molar-refractivity contribution < 1.29 is 9.53 Å². The van der Waals surface area contributed by atoms with Crippen LogP contribution in [0.5, 0.6) is 5.88 Å². The van der Waals surface area contributed by atoms with Gasteiger partial charge < -0.3 is 15.8 Å². The molecule has 0 saturated heterocycles. The van der Waals surface area contributed by atoms with E-state index in [2.05, 4.69) is 10.3 Å². The molecule has 0 spiro atoms. The molecule has 21 heavy (non-hydrogen) atoms. The third-order valence-electron chi connectivity index (χ3n) is 3.08. The number of nitrogens with one attached hydrogen (secondary N) is 1. The van der Waals surface area contributed by atoms with Gasteiger partial charge >= 0.3 is 0 Å². The van der Waals surface area contributed by atoms with Gasteiger partial charge in [-0.05, 0) is 36.2 Å². The van der Waals surface area contributed by atoms with Crippen LogP contribution in [0.25, 0.3) is 0 Å². The highest BCUT2D eigenvalue weighted by molar-refractivity contribution is 5.94. The van der Waals surface area contributed by atoms with E-state index in [1.807, 2.05) is 24.3 Å². The van der Waals surface area contributed by atoms with Gasteiger partial charge in [-0.1, -0.05) is 18.2 Å². The molecule has 0 fully saturated rings. The molecule has 0 unspecified atom stereocenters. The van der Waals surface area contributed by atoms with Crippen LogP contribution in [0.2, 0.25) is 0 Å². The predicted octanol–water partition coefficient (Wildman–Crippen LogP) is 1.52. The summed E-state index contributed by atoms with van der Waals surface area (Å²) in [5.41, 5.74) is 8.15. The Morgan fingerprint density at radius 2 is 2.14 bits per heavy atom. The Hall–Kier alpha value is -2.40.